The van der Waals surface area contributed by atoms with Crippen molar-refractivity contribution in [1.29, 1.82) is 0 Å². The van der Waals surface area contributed by atoms with E-state index in [2.05, 4.69) is 59.8 Å². The summed E-state index contributed by atoms with van der Waals surface area (Å²) in [5, 5.41) is 3.04. The molecule has 6 heteroatoms. The predicted octanol–water partition coefficient (Wildman–Crippen LogP) is 4.05. The van der Waals surface area contributed by atoms with E-state index in [1.54, 1.807) is 0 Å². The number of anilines is 1. The first-order valence-corrected chi connectivity index (χ1v) is 12.0. The van der Waals surface area contributed by atoms with Gasteiger partial charge < -0.3 is 15.1 Å². The molecule has 1 aliphatic heterocycles. The minimum atomic E-state index is 0.0606. The van der Waals surface area contributed by atoms with Crippen molar-refractivity contribution in [2.75, 3.05) is 31.6 Å². The number of unbranched alkanes of at least 4 members (excludes halogenated alkanes) is 1. The molecular formula is C24H43N5O. The highest BCUT2D eigenvalue weighted by Gasteiger charge is 2.32. The van der Waals surface area contributed by atoms with Crippen LogP contribution in [-0.2, 0) is 11.2 Å². The van der Waals surface area contributed by atoms with Gasteiger partial charge in [-0.05, 0) is 37.8 Å². The lowest BCUT2D eigenvalue weighted by Gasteiger charge is -2.45. The number of piperazine rings is 1. The van der Waals surface area contributed by atoms with Gasteiger partial charge in [0.2, 0.25) is 11.9 Å². The van der Waals surface area contributed by atoms with Gasteiger partial charge in [-0.15, -0.1) is 0 Å². The zero-order chi connectivity index (χ0) is 21.9. The van der Waals surface area contributed by atoms with Gasteiger partial charge in [0.15, 0.2) is 0 Å². The Morgan fingerprint density at radius 3 is 2.30 bits per heavy atom. The van der Waals surface area contributed by atoms with Gasteiger partial charge in [0.25, 0.3) is 0 Å². The molecule has 3 unspecified atom stereocenters. The summed E-state index contributed by atoms with van der Waals surface area (Å²) in [4.78, 5) is 26.3. The number of hydrogen-bond acceptors (Lipinski definition) is 5. The number of hydrogen-bond donors (Lipinski definition) is 1. The molecule has 0 spiro atoms. The van der Waals surface area contributed by atoms with Gasteiger partial charge in [-0.3, -0.25) is 4.79 Å². The summed E-state index contributed by atoms with van der Waals surface area (Å²) in [6, 6.07) is 0.866. The second-order valence-electron chi connectivity index (χ2n) is 9.06. The number of carbonyl (C=O) groups excluding carboxylic acids is 1. The van der Waals surface area contributed by atoms with Crippen LogP contribution >= 0.6 is 0 Å². The highest BCUT2D eigenvalue weighted by Crippen LogP contribution is 2.24. The molecule has 1 saturated heterocycles. The third-order valence-corrected chi connectivity index (χ3v) is 6.29. The van der Waals surface area contributed by atoms with Crippen LogP contribution in [0.2, 0.25) is 0 Å². The van der Waals surface area contributed by atoms with Gasteiger partial charge in [0.1, 0.15) is 0 Å². The quantitative estimate of drug-likeness (QED) is 0.520. The molecule has 1 amide bonds. The molecule has 0 aliphatic carbocycles. The lowest BCUT2D eigenvalue weighted by molar-refractivity contribution is -0.120. The molecule has 170 valence electrons. The molecule has 1 N–H and O–H groups in total. The van der Waals surface area contributed by atoms with Crippen molar-refractivity contribution in [3.8, 4) is 0 Å². The van der Waals surface area contributed by atoms with E-state index in [1.807, 2.05) is 12.4 Å². The zero-order valence-corrected chi connectivity index (χ0v) is 19.9. The van der Waals surface area contributed by atoms with Crippen molar-refractivity contribution in [1.82, 2.24) is 20.2 Å². The summed E-state index contributed by atoms with van der Waals surface area (Å²) in [6.07, 6.45) is 12.2. The van der Waals surface area contributed by atoms with E-state index in [4.69, 9.17) is 0 Å². The molecule has 0 radical (unpaired) electrons. The number of likely N-dealkylation sites (N-methyl/N-ethyl adjacent to an activating group) is 1. The van der Waals surface area contributed by atoms with Crippen LogP contribution in [0.3, 0.4) is 0 Å². The molecule has 1 aromatic rings. The minimum absolute atomic E-state index is 0.0606. The first kappa shape index (κ1) is 24.6. The average Bonchev–Trinajstić information content (AvgIpc) is 2.73. The fraction of sp³-hybridized carbons (Fsp3) is 0.792. The van der Waals surface area contributed by atoms with Crippen molar-refractivity contribution >= 4 is 11.9 Å². The summed E-state index contributed by atoms with van der Waals surface area (Å²) in [7, 11) is 2.19. The normalized spacial score (nSPS) is 20.9. The average molecular weight is 418 g/mol. The van der Waals surface area contributed by atoms with Gasteiger partial charge in [-0.1, -0.05) is 53.4 Å². The molecule has 2 rings (SSSR count). The first-order valence-electron chi connectivity index (χ1n) is 12.0. The maximum Gasteiger partial charge on any atom is 0.225 e. The van der Waals surface area contributed by atoms with E-state index in [0.29, 0.717) is 18.5 Å². The minimum Gasteiger partial charge on any atom is -0.356 e. The summed E-state index contributed by atoms with van der Waals surface area (Å²) in [5.74, 6) is 1.65. The summed E-state index contributed by atoms with van der Waals surface area (Å²) in [5.41, 5.74) is 0.878. The molecule has 6 nitrogen and oxygen atoms in total. The third kappa shape index (κ3) is 7.53. The first-order chi connectivity index (χ1) is 14.5. The van der Waals surface area contributed by atoms with E-state index in [-0.39, 0.29) is 5.91 Å². The largest absolute Gasteiger partial charge is 0.356 e. The molecular weight excluding hydrogens is 374 g/mol. The van der Waals surface area contributed by atoms with Crippen molar-refractivity contribution in [2.45, 2.75) is 91.1 Å². The Hall–Kier alpha value is -1.69. The van der Waals surface area contributed by atoms with E-state index >= 15 is 0 Å². The maximum atomic E-state index is 12.2. The maximum absolute atomic E-state index is 12.2. The van der Waals surface area contributed by atoms with E-state index in [1.165, 1.54) is 25.7 Å². The zero-order valence-electron chi connectivity index (χ0n) is 19.9. The number of amides is 1. The molecule has 2 heterocycles. The lowest BCUT2D eigenvalue weighted by atomic mass is 9.99. The van der Waals surface area contributed by atoms with Crippen LogP contribution in [0.15, 0.2) is 12.4 Å². The van der Waals surface area contributed by atoms with E-state index in [0.717, 1.165) is 56.3 Å². The lowest BCUT2D eigenvalue weighted by Crippen LogP contribution is -2.58. The van der Waals surface area contributed by atoms with Crippen molar-refractivity contribution < 1.29 is 4.79 Å². The molecule has 0 aromatic carbocycles. The summed E-state index contributed by atoms with van der Waals surface area (Å²) in [6.45, 7) is 11.9. The molecule has 0 bridgehead atoms. The van der Waals surface area contributed by atoms with Crippen LogP contribution in [0.5, 0.6) is 0 Å². The van der Waals surface area contributed by atoms with E-state index in [9.17, 15) is 4.79 Å². The van der Waals surface area contributed by atoms with Crippen LogP contribution in [0.4, 0.5) is 5.95 Å². The number of nitrogens with one attached hydrogen (secondary N) is 1. The molecule has 1 fully saturated rings. The van der Waals surface area contributed by atoms with E-state index < -0.39 is 0 Å². The van der Waals surface area contributed by atoms with Crippen molar-refractivity contribution in [2.24, 2.45) is 5.92 Å². The molecule has 3 atom stereocenters. The SMILES string of the molecule is CCCC(C)CCCCNC(=O)Cc1cnc(N2C(CC)CN(C)CC2CC)nc1. The van der Waals surface area contributed by atoms with Crippen LogP contribution in [0.1, 0.15) is 78.2 Å². The standard InChI is InChI=1S/C24H43N5O/c1-6-11-19(4)12-9-10-13-25-23(30)14-20-15-26-24(27-16-20)29-21(7-2)17-28(5)18-22(29)8-3/h15-16,19,21-22H,6-14,17-18H2,1-5H3,(H,25,30). The monoisotopic (exact) mass is 417 g/mol. The highest BCUT2D eigenvalue weighted by atomic mass is 16.1. The Kier molecular flexibility index (Phi) is 10.6. The summed E-state index contributed by atoms with van der Waals surface area (Å²) < 4.78 is 0. The second kappa shape index (κ2) is 12.9. The van der Waals surface area contributed by atoms with Gasteiger partial charge in [-0.25, -0.2) is 9.97 Å². The predicted molar refractivity (Wildman–Crippen MR) is 125 cm³/mol. The smallest absolute Gasteiger partial charge is 0.225 e. The number of nitrogens with zero attached hydrogens (tertiary/aromatic N) is 4. The van der Waals surface area contributed by atoms with Gasteiger partial charge in [-0.2, -0.15) is 0 Å². The number of rotatable bonds is 12. The number of carbonyl (C=O) groups is 1. The van der Waals surface area contributed by atoms with Gasteiger partial charge in [0.05, 0.1) is 6.42 Å². The summed E-state index contributed by atoms with van der Waals surface area (Å²) >= 11 is 0. The van der Waals surface area contributed by atoms with Crippen LogP contribution in [0.25, 0.3) is 0 Å². The molecule has 0 saturated carbocycles. The van der Waals surface area contributed by atoms with Gasteiger partial charge in [0, 0.05) is 44.1 Å². The fourth-order valence-corrected chi connectivity index (χ4v) is 4.55. The van der Waals surface area contributed by atoms with Crippen LogP contribution < -0.4 is 10.2 Å². The Morgan fingerprint density at radius 2 is 1.73 bits per heavy atom. The van der Waals surface area contributed by atoms with Crippen LogP contribution in [-0.4, -0.2) is 59.5 Å². The van der Waals surface area contributed by atoms with Crippen LogP contribution in [0, 0.1) is 5.92 Å². The van der Waals surface area contributed by atoms with Crippen molar-refractivity contribution in [3.63, 3.8) is 0 Å². The Bertz CT molecular complexity index is 607. The Balaban J connectivity index is 1.81. The fourth-order valence-electron chi connectivity index (χ4n) is 4.55. The second-order valence-corrected chi connectivity index (χ2v) is 9.06. The van der Waals surface area contributed by atoms with Crippen molar-refractivity contribution in [3.05, 3.63) is 18.0 Å². The molecule has 1 aromatic heterocycles. The molecule has 1 aliphatic rings. The Morgan fingerprint density at radius 1 is 1.10 bits per heavy atom. The highest BCUT2D eigenvalue weighted by molar-refractivity contribution is 5.78. The molecule has 30 heavy (non-hydrogen) atoms. The third-order valence-electron chi connectivity index (χ3n) is 6.29. The Labute approximate surface area is 183 Å². The topological polar surface area (TPSA) is 61.4 Å². The number of aromatic nitrogens is 2. The van der Waals surface area contributed by atoms with Gasteiger partial charge >= 0.3 is 0 Å².